The Hall–Kier alpha value is -3.65. The van der Waals surface area contributed by atoms with E-state index in [2.05, 4.69) is 10.5 Å². The zero-order valence-corrected chi connectivity index (χ0v) is 20.0. The van der Waals surface area contributed by atoms with Gasteiger partial charge < -0.3 is 13.7 Å². The monoisotopic (exact) mass is 463 g/mol. The molecule has 1 amide bonds. The maximum atomic E-state index is 12.6. The van der Waals surface area contributed by atoms with E-state index >= 15 is 0 Å². The molecule has 0 aliphatic rings. The summed E-state index contributed by atoms with van der Waals surface area (Å²) in [7, 11) is 0. The van der Waals surface area contributed by atoms with Crippen LogP contribution in [0.25, 0.3) is 16.0 Å². The van der Waals surface area contributed by atoms with Crippen LogP contribution in [0.15, 0.2) is 45.9 Å². The van der Waals surface area contributed by atoms with Gasteiger partial charge >= 0.3 is 11.9 Å². The lowest BCUT2D eigenvalue weighted by atomic mass is 10.1. The minimum atomic E-state index is -0.426. The van der Waals surface area contributed by atoms with Gasteiger partial charge in [-0.15, -0.1) is 11.3 Å². The van der Waals surface area contributed by atoms with Gasteiger partial charge in [0.05, 0.1) is 18.4 Å². The van der Waals surface area contributed by atoms with Crippen molar-refractivity contribution < 1.29 is 18.7 Å². The van der Waals surface area contributed by atoms with Crippen LogP contribution in [0, 0.1) is 27.7 Å². The van der Waals surface area contributed by atoms with Crippen LogP contribution in [0.4, 0.5) is 0 Å². The van der Waals surface area contributed by atoms with Gasteiger partial charge in [-0.05, 0) is 58.4 Å². The summed E-state index contributed by atoms with van der Waals surface area (Å²) < 4.78 is 12.9. The fourth-order valence-electron chi connectivity index (χ4n) is 3.75. The third kappa shape index (κ3) is 4.21. The first-order chi connectivity index (χ1) is 15.8. The molecule has 0 spiro atoms. The number of rotatable bonds is 6. The molecular formula is C25H25N3O4S. The smallest absolute Gasteiger partial charge is 0.341 e. The van der Waals surface area contributed by atoms with E-state index in [1.807, 2.05) is 62.6 Å². The van der Waals surface area contributed by atoms with Crippen LogP contribution in [0.1, 0.15) is 55.2 Å². The third-order valence-corrected chi connectivity index (χ3v) is 6.73. The normalized spacial score (nSPS) is 11.4. The largest absolute Gasteiger partial charge is 0.462 e. The molecular weight excluding hydrogens is 438 g/mol. The standard InChI is InChI=1S/C25H25N3O4S/c1-6-31-25(30)22-15(3)17(5)33-24(22)28-14(2)11-19(16(28)4)13-26-27-23(29)21-12-18-9-7-8-10-20(18)32-21/h7-13H,6H2,1-5H3,(H,27,29)/b26-13+. The summed E-state index contributed by atoms with van der Waals surface area (Å²) in [6, 6.07) is 11.1. The molecule has 0 atom stereocenters. The number of aromatic nitrogens is 1. The first-order valence-corrected chi connectivity index (χ1v) is 11.4. The Balaban J connectivity index is 1.59. The average Bonchev–Trinajstić information content (AvgIpc) is 3.42. The van der Waals surface area contributed by atoms with Crippen molar-refractivity contribution in [1.29, 1.82) is 0 Å². The van der Waals surface area contributed by atoms with E-state index in [1.54, 1.807) is 30.5 Å². The van der Waals surface area contributed by atoms with Crippen LogP contribution in [0.3, 0.4) is 0 Å². The predicted octanol–water partition coefficient (Wildman–Crippen LogP) is 5.46. The molecule has 7 nitrogen and oxygen atoms in total. The zero-order valence-electron chi connectivity index (χ0n) is 19.2. The summed E-state index contributed by atoms with van der Waals surface area (Å²) in [5, 5.41) is 5.80. The second kappa shape index (κ2) is 9.07. The number of hydrogen-bond donors (Lipinski definition) is 1. The summed E-state index contributed by atoms with van der Waals surface area (Å²) in [5.74, 6) is -0.553. The number of aryl methyl sites for hydroxylation is 2. The molecule has 0 saturated heterocycles. The number of carbonyl (C=O) groups excluding carboxylic acids is 2. The first kappa shape index (κ1) is 22.5. The number of hydrazone groups is 1. The Kier molecular flexibility index (Phi) is 6.20. The molecule has 4 aromatic rings. The number of carbonyl (C=O) groups is 2. The molecule has 33 heavy (non-hydrogen) atoms. The molecule has 8 heteroatoms. The summed E-state index contributed by atoms with van der Waals surface area (Å²) in [5.41, 5.74) is 7.36. The third-order valence-electron chi connectivity index (χ3n) is 5.54. The van der Waals surface area contributed by atoms with Crippen molar-refractivity contribution >= 4 is 40.4 Å². The second-order valence-corrected chi connectivity index (χ2v) is 8.90. The van der Waals surface area contributed by atoms with Crippen LogP contribution < -0.4 is 5.43 Å². The molecule has 1 aromatic carbocycles. The minimum absolute atomic E-state index is 0.197. The van der Waals surface area contributed by atoms with Gasteiger partial charge in [-0.2, -0.15) is 5.10 Å². The highest BCUT2D eigenvalue weighted by molar-refractivity contribution is 7.15. The fourth-order valence-corrected chi connectivity index (χ4v) is 5.01. The van der Waals surface area contributed by atoms with Crippen LogP contribution in [-0.2, 0) is 4.74 Å². The fraction of sp³-hybridized carbons (Fsp3) is 0.240. The number of fused-ring (bicyclic) bond motifs is 1. The quantitative estimate of drug-likeness (QED) is 0.234. The maximum Gasteiger partial charge on any atom is 0.341 e. The maximum absolute atomic E-state index is 12.6. The van der Waals surface area contributed by atoms with Gasteiger partial charge in [0.1, 0.15) is 10.6 Å². The molecule has 1 N–H and O–H groups in total. The van der Waals surface area contributed by atoms with Crippen molar-refractivity contribution in [2.75, 3.05) is 6.61 Å². The highest BCUT2D eigenvalue weighted by Crippen LogP contribution is 2.34. The first-order valence-electron chi connectivity index (χ1n) is 10.6. The number of nitrogens with zero attached hydrogens (tertiary/aromatic N) is 2. The van der Waals surface area contributed by atoms with Crippen molar-refractivity contribution in [2.24, 2.45) is 5.10 Å². The topological polar surface area (TPSA) is 85.8 Å². The van der Waals surface area contributed by atoms with Gasteiger partial charge in [0, 0.05) is 27.2 Å². The van der Waals surface area contributed by atoms with E-state index in [4.69, 9.17) is 9.15 Å². The summed E-state index contributed by atoms with van der Waals surface area (Å²) in [6.07, 6.45) is 1.59. The number of ether oxygens (including phenoxy) is 1. The Morgan fingerprint density at radius 1 is 1.18 bits per heavy atom. The number of thiophene rings is 1. The summed E-state index contributed by atoms with van der Waals surface area (Å²) in [6.45, 7) is 9.97. The number of para-hydroxylation sites is 1. The predicted molar refractivity (Wildman–Crippen MR) is 130 cm³/mol. The van der Waals surface area contributed by atoms with Gasteiger partial charge in [-0.25, -0.2) is 10.2 Å². The van der Waals surface area contributed by atoms with Crippen molar-refractivity contribution in [3.63, 3.8) is 0 Å². The SMILES string of the molecule is CCOC(=O)c1c(-n2c(C)cc(/C=N/NC(=O)c3cc4ccccc4o3)c2C)sc(C)c1C. The van der Waals surface area contributed by atoms with Crippen LogP contribution in [0.2, 0.25) is 0 Å². The van der Waals surface area contributed by atoms with Crippen LogP contribution in [0.5, 0.6) is 0 Å². The van der Waals surface area contributed by atoms with E-state index < -0.39 is 5.91 Å². The number of hydrogen-bond acceptors (Lipinski definition) is 6. The van der Waals surface area contributed by atoms with Crippen LogP contribution in [-0.4, -0.2) is 29.3 Å². The average molecular weight is 464 g/mol. The number of nitrogens with one attached hydrogen (secondary N) is 1. The zero-order chi connectivity index (χ0) is 23.7. The lowest BCUT2D eigenvalue weighted by Crippen LogP contribution is -2.16. The van der Waals surface area contributed by atoms with Gasteiger partial charge in [0.15, 0.2) is 5.76 Å². The Bertz CT molecular complexity index is 1360. The van der Waals surface area contributed by atoms with E-state index in [9.17, 15) is 9.59 Å². The second-order valence-electron chi connectivity index (χ2n) is 7.69. The summed E-state index contributed by atoms with van der Waals surface area (Å²) in [4.78, 5) is 26.1. The molecule has 3 heterocycles. The highest BCUT2D eigenvalue weighted by atomic mass is 32.1. The number of furan rings is 1. The number of amides is 1. The Labute approximate surface area is 195 Å². The van der Waals surface area contributed by atoms with Crippen molar-refractivity contribution in [2.45, 2.75) is 34.6 Å². The van der Waals surface area contributed by atoms with Crippen molar-refractivity contribution in [3.8, 4) is 5.00 Å². The van der Waals surface area contributed by atoms with Crippen molar-refractivity contribution in [3.05, 3.63) is 75.1 Å². The van der Waals surface area contributed by atoms with E-state index in [0.717, 1.165) is 37.8 Å². The van der Waals surface area contributed by atoms with Gasteiger partial charge in [-0.3, -0.25) is 4.79 Å². The lowest BCUT2D eigenvalue weighted by Gasteiger charge is -2.10. The molecule has 0 radical (unpaired) electrons. The van der Waals surface area contributed by atoms with Gasteiger partial charge in [0.25, 0.3) is 0 Å². The Morgan fingerprint density at radius 3 is 2.67 bits per heavy atom. The molecule has 0 bridgehead atoms. The van der Waals surface area contributed by atoms with Gasteiger partial charge in [-0.1, -0.05) is 18.2 Å². The molecule has 0 aliphatic carbocycles. The van der Waals surface area contributed by atoms with Crippen molar-refractivity contribution in [1.82, 2.24) is 9.99 Å². The van der Waals surface area contributed by atoms with Gasteiger partial charge in [0.2, 0.25) is 0 Å². The summed E-state index contributed by atoms with van der Waals surface area (Å²) >= 11 is 1.55. The molecule has 0 aliphatic heterocycles. The number of benzene rings is 1. The highest BCUT2D eigenvalue weighted by Gasteiger charge is 2.24. The molecule has 0 fully saturated rings. The molecule has 0 unspecified atom stereocenters. The van der Waals surface area contributed by atoms with E-state index in [1.165, 1.54) is 0 Å². The molecule has 3 aromatic heterocycles. The molecule has 0 saturated carbocycles. The molecule has 170 valence electrons. The number of esters is 1. The lowest BCUT2D eigenvalue weighted by molar-refractivity contribution is 0.0526. The minimum Gasteiger partial charge on any atom is -0.462 e. The van der Waals surface area contributed by atoms with Crippen LogP contribution >= 0.6 is 11.3 Å². The van der Waals surface area contributed by atoms with E-state index in [0.29, 0.717) is 17.8 Å². The van der Waals surface area contributed by atoms with E-state index in [-0.39, 0.29) is 11.7 Å². The Morgan fingerprint density at radius 2 is 1.94 bits per heavy atom. The molecule has 4 rings (SSSR count).